The lowest BCUT2D eigenvalue weighted by Gasteiger charge is -2.39. The minimum atomic E-state index is -0.280. The fourth-order valence-electron chi connectivity index (χ4n) is 4.73. The monoisotopic (exact) mass is 452 g/mol. The molecule has 0 aliphatic rings. The normalized spacial score (nSPS) is 13.1. The molecule has 0 bridgehead atoms. The lowest BCUT2D eigenvalue weighted by atomic mass is 10.1. The summed E-state index contributed by atoms with van der Waals surface area (Å²) in [5.74, 6) is -0.280. The standard InChI is InChI=1S/C29H58NO2/c1-5-9-12-14-16-17-18-19-21-23-26-30(24-11-7-3,27-28-32-29(31)8-4)25-22-20-15-13-10-6-2/h8H,4-7,9-28H2,1-3H3/q+1. The van der Waals surface area contributed by atoms with Gasteiger partial charge in [-0.3, -0.25) is 0 Å². The van der Waals surface area contributed by atoms with Crippen LogP contribution < -0.4 is 0 Å². The minimum absolute atomic E-state index is 0.280. The van der Waals surface area contributed by atoms with Crippen molar-refractivity contribution in [2.75, 3.05) is 32.8 Å². The van der Waals surface area contributed by atoms with Gasteiger partial charge in [0.2, 0.25) is 0 Å². The molecule has 0 fully saturated rings. The number of carbonyl (C=O) groups excluding carboxylic acids is 1. The molecule has 0 saturated heterocycles. The summed E-state index contributed by atoms with van der Waals surface area (Å²) < 4.78 is 6.56. The number of hydrogen-bond acceptors (Lipinski definition) is 2. The van der Waals surface area contributed by atoms with Crippen molar-refractivity contribution in [2.24, 2.45) is 0 Å². The molecule has 3 heteroatoms. The molecule has 0 aliphatic carbocycles. The van der Waals surface area contributed by atoms with Gasteiger partial charge in [0.1, 0.15) is 13.2 Å². The molecule has 0 spiro atoms. The van der Waals surface area contributed by atoms with Crippen LogP contribution in [0, 0.1) is 0 Å². The van der Waals surface area contributed by atoms with E-state index >= 15 is 0 Å². The Labute approximate surface area is 202 Å². The second-order valence-electron chi connectivity index (χ2n) is 9.91. The van der Waals surface area contributed by atoms with Crippen LogP contribution in [0.2, 0.25) is 0 Å². The third kappa shape index (κ3) is 18.7. The summed E-state index contributed by atoms with van der Waals surface area (Å²) in [6, 6.07) is 0. The molecule has 0 N–H and O–H groups in total. The highest BCUT2D eigenvalue weighted by molar-refractivity contribution is 5.81. The average molecular weight is 453 g/mol. The number of rotatable bonds is 25. The number of esters is 1. The summed E-state index contributed by atoms with van der Waals surface area (Å²) in [7, 11) is 0. The van der Waals surface area contributed by atoms with Crippen molar-refractivity contribution in [2.45, 2.75) is 136 Å². The van der Waals surface area contributed by atoms with Crippen molar-refractivity contribution < 1.29 is 14.0 Å². The van der Waals surface area contributed by atoms with E-state index in [2.05, 4.69) is 27.4 Å². The highest BCUT2D eigenvalue weighted by Crippen LogP contribution is 2.18. The minimum Gasteiger partial charge on any atom is -0.457 e. The van der Waals surface area contributed by atoms with Gasteiger partial charge in [0.15, 0.2) is 0 Å². The molecule has 1 unspecified atom stereocenters. The van der Waals surface area contributed by atoms with Crippen LogP contribution in [0.1, 0.15) is 136 Å². The van der Waals surface area contributed by atoms with E-state index < -0.39 is 0 Å². The Morgan fingerprint density at radius 3 is 1.38 bits per heavy atom. The fraction of sp³-hybridized carbons (Fsp3) is 0.897. The predicted molar refractivity (Wildman–Crippen MR) is 141 cm³/mol. The van der Waals surface area contributed by atoms with Gasteiger partial charge in [0.25, 0.3) is 0 Å². The maximum atomic E-state index is 11.6. The van der Waals surface area contributed by atoms with Crippen molar-refractivity contribution in [3.63, 3.8) is 0 Å². The zero-order valence-electron chi connectivity index (χ0n) is 22.3. The summed E-state index contributed by atoms with van der Waals surface area (Å²) in [4.78, 5) is 11.6. The smallest absolute Gasteiger partial charge is 0.330 e. The second-order valence-corrected chi connectivity index (χ2v) is 9.91. The first-order valence-electron chi connectivity index (χ1n) is 14.3. The summed E-state index contributed by atoms with van der Waals surface area (Å²) in [6.07, 6.45) is 25.7. The van der Waals surface area contributed by atoms with E-state index in [-0.39, 0.29) is 5.97 Å². The van der Waals surface area contributed by atoms with Crippen LogP contribution >= 0.6 is 0 Å². The van der Waals surface area contributed by atoms with Crippen LogP contribution in [-0.4, -0.2) is 43.2 Å². The number of nitrogens with zero attached hydrogens (tertiary/aromatic N) is 1. The first kappa shape index (κ1) is 31.2. The Bertz CT molecular complexity index is 423. The summed E-state index contributed by atoms with van der Waals surface area (Å²) in [5, 5.41) is 0. The molecule has 3 nitrogen and oxygen atoms in total. The maximum Gasteiger partial charge on any atom is 0.330 e. The molecule has 0 amide bonds. The van der Waals surface area contributed by atoms with E-state index in [9.17, 15) is 4.79 Å². The molecule has 0 aliphatic heterocycles. The zero-order valence-corrected chi connectivity index (χ0v) is 22.3. The highest BCUT2D eigenvalue weighted by Gasteiger charge is 2.26. The topological polar surface area (TPSA) is 26.3 Å². The van der Waals surface area contributed by atoms with E-state index in [1.54, 1.807) is 0 Å². The fourth-order valence-corrected chi connectivity index (χ4v) is 4.73. The summed E-state index contributed by atoms with van der Waals surface area (Å²) in [6.45, 7) is 15.6. The largest absolute Gasteiger partial charge is 0.457 e. The molecule has 190 valence electrons. The second kappa shape index (κ2) is 23.3. The van der Waals surface area contributed by atoms with Gasteiger partial charge in [-0.05, 0) is 32.1 Å². The molecular formula is C29H58NO2+. The van der Waals surface area contributed by atoms with Crippen LogP contribution in [0.3, 0.4) is 0 Å². The number of carbonyl (C=O) groups is 1. The Morgan fingerprint density at radius 1 is 0.594 bits per heavy atom. The number of hydrogen-bond donors (Lipinski definition) is 0. The number of unbranched alkanes of at least 4 members (excludes halogenated alkanes) is 15. The van der Waals surface area contributed by atoms with E-state index in [0.717, 1.165) is 11.0 Å². The van der Waals surface area contributed by atoms with Crippen LogP contribution in [0.4, 0.5) is 0 Å². The van der Waals surface area contributed by atoms with Crippen molar-refractivity contribution >= 4 is 5.97 Å². The lowest BCUT2D eigenvalue weighted by Crippen LogP contribution is -2.52. The van der Waals surface area contributed by atoms with Crippen LogP contribution in [0.5, 0.6) is 0 Å². The van der Waals surface area contributed by atoms with Gasteiger partial charge >= 0.3 is 5.97 Å². The summed E-state index contributed by atoms with van der Waals surface area (Å²) in [5.41, 5.74) is 0. The first-order valence-corrected chi connectivity index (χ1v) is 14.3. The van der Waals surface area contributed by atoms with E-state index in [1.165, 1.54) is 141 Å². The van der Waals surface area contributed by atoms with Gasteiger partial charge in [-0.2, -0.15) is 0 Å². The molecule has 0 aromatic carbocycles. The van der Waals surface area contributed by atoms with Gasteiger partial charge in [0.05, 0.1) is 19.6 Å². The van der Waals surface area contributed by atoms with Crippen molar-refractivity contribution in [3.8, 4) is 0 Å². The molecule has 0 aromatic heterocycles. The van der Waals surface area contributed by atoms with Gasteiger partial charge in [-0.25, -0.2) is 4.79 Å². The molecule has 32 heavy (non-hydrogen) atoms. The molecular weight excluding hydrogens is 394 g/mol. The quantitative estimate of drug-likeness (QED) is 0.0599. The van der Waals surface area contributed by atoms with Gasteiger partial charge in [0, 0.05) is 6.08 Å². The Balaban J connectivity index is 4.49. The van der Waals surface area contributed by atoms with Gasteiger partial charge in [-0.1, -0.05) is 111 Å². The SMILES string of the molecule is C=CC(=O)OCC[N+](CCCC)(CCCCCCCC)CCCCCCCCCCCC. The predicted octanol–water partition coefficient (Wildman–Crippen LogP) is 8.61. The number of ether oxygens (including phenoxy) is 1. The average Bonchev–Trinajstić information content (AvgIpc) is 2.80. The maximum absolute atomic E-state index is 11.6. The van der Waals surface area contributed by atoms with Crippen LogP contribution in [0.15, 0.2) is 12.7 Å². The van der Waals surface area contributed by atoms with Gasteiger partial charge in [-0.15, -0.1) is 0 Å². The van der Waals surface area contributed by atoms with Crippen molar-refractivity contribution in [3.05, 3.63) is 12.7 Å². The molecule has 0 aromatic rings. The molecule has 0 saturated carbocycles. The lowest BCUT2D eigenvalue weighted by molar-refractivity contribution is -0.929. The van der Waals surface area contributed by atoms with Gasteiger partial charge < -0.3 is 9.22 Å². The van der Waals surface area contributed by atoms with Crippen molar-refractivity contribution in [1.82, 2.24) is 0 Å². The molecule has 1 atom stereocenters. The molecule has 0 radical (unpaired) electrons. The molecule has 0 heterocycles. The van der Waals surface area contributed by atoms with E-state index in [0.29, 0.717) is 6.61 Å². The Kier molecular flexibility index (Phi) is 22.7. The van der Waals surface area contributed by atoms with Crippen LogP contribution in [0.25, 0.3) is 0 Å². The zero-order chi connectivity index (χ0) is 23.8. The van der Waals surface area contributed by atoms with Crippen LogP contribution in [-0.2, 0) is 9.53 Å². The Hall–Kier alpha value is -0.830. The Morgan fingerprint density at radius 2 is 0.969 bits per heavy atom. The number of quaternary nitrogens is 1. The van der Waals surface area contributed by atoms with E-state index in [4.69, 9.17) is 4.74 Å². The van der Waals surface area contributed by atoms with Crippen molar-refractivity contribution in [1.29, 1.82) is 0 Å². The molecule has 0 rings (SSSR count). The highest BCUT2D eigenvalue weighted by atomic mass is 16.5. The van der Waals surface area contributed by atoms with E-state index in [1.807, 2.05) is 0 Å². The summed E-state index contributed by atoms with van der Waals surface area (Å²) >= 11 is 0. The third-order valence-electron chi connectivity index (χ3n) is 6.93. The third-order valence-corrected chi connectivity index (χ3v) is 6.93. The first-order chi connectivity index (χ1) is 15.6.